The van der Waals surface area contributed by atoms with E-state index < -0.39 is 0 Å². The molecule has 0 rings (SSSR count). The zero-order chi connectivity index (χ0) is 13.2. The summed E-state index contributed by atoms with van der Waals surface area (Å²) < 4.78 is 17.7. The van der Waals surface area contributed by atoms with E-state index in [9.17, 15) is 4.79 Å². The van der Waals surface area contributed by atoms with E-state index in [-0.39, 0.29) is 26.2 Å². The highest BCUT2D eigenvalue weighted by Crippen LogP contribution is 1.78. The van der Waals surface area contributed by atoms with Gasteiger partial charge in [-0.2, -0.15) is 0 Å². The van der Waals surface area contributed by atoms with Crippen LogP contribution in [0.1, 0.15) is 0 Å². The fourth-order valence-electron chi connectivity index (χ4n) is 0.564. The molecule has 8 heteroatoms. The molecular formula is C9H16O8. The molecular weight excluding hydrogens is 236 g/mol. The summed E-state index contributed by atoms with van der Waals surface area (Å²) in [6.07, 6.45) is 0. The van der Waals surface area contributed by atoms with E-state index in [1.807, 2.05) is 0 Å². The molecule has 0 unspecified atom stereocenters. The Labute approximate surface area is 98.4 Å². The largest absolute Gasteiger partial charge is 0.465 e. The Kier molecular flexibility index (Phi) is 21.0. The molecule has 0 heterocycles. The second kappa shape index (κ2) is 20.0. The maximum Gasteiger partial charge on any atom is 0.300 e. The molecule has 8 nitrogen and oxygen atoms in total. The lowest BCUT2D eigenvalue weighted by molar-refractivity contribution is -0.141. The Hall–Kier alpha value is -1.51. The van der Waals surface area contributed by atoms with E-state index in [0.717, 1.165) is 0 Å². The topological polar surface area (TPSA) is 108 Å². The van der Waals surface area contributed by atoms with Crippen molar-refractivity contribution >= 4 is 19.4 Å². The maximum absolute atomic E-state index is 9.65. The lowest BCUT2D eigenvalue weighted by atomic mass is 10.7. The average molecular weight is 252 g/mol. The summed E-state index contributed by atoms with van der Waals surface area (Å²) in [5, 5.41) is 8.31. The fourth-order valence-corrected chi connectivity index (χ4v) is 0.564. The van der Waals surface area contributed by atoms with Gasteiger partial charge in [-0.25, -0.2) is 0 Å². The normalized spacial score (nSPS) is 8.53. The molecule has 0 bridgehead atoms. The van der Waals surface area contributed by atoms with Crippen molar-refractivity contribution in [1.29, 1.82) is 0 Å². The third-order valence-corrected chi connectivity index (χ3v) is 1.13. The van der Waals surface area contributed by atoms with E-state index in [0.29, 0.717) is 32.9 Å². The number of ether oxygens (including phenoxy) is 4. The first-order valence-corrected chi connectivity index (χ1v) is 4.67. The predicted molar refractivity (Wildman–Crippen MR) is 54.0 cm³/mol. The number of carbonyl (C=O) groups is 3. The molecule has 0 aromatic heterocycles. The number of rotatable bonds is 11. The monoisotopic (exact) mass is 252 g/mol. The van der Waals surface area contributed by atoms with Crippen molar-refractivity contribution in [3.8, 4) is 0 Å². The van der Waals surface area contributed by atoms with Crippen LogP contribution in [0.3, 0.4) is 0 Å². The predicted octanol–water partition coefficient (Wildman–Crippen LogP) is -1.50. The summed E-state index contributed by atoms with van der Waals surface area (Å²) in [5.74, 6) is 0. The van der Waals surface area contributed by atoms with Gasteiger partial charge in [-0.3, -0.25) is 14.4 Å². The van der Waals surface area contributed by atoms with Crippen LogP contribution >= 0.6 is 0 Å². The van der Waals surface area contributed by atoms with E-state index in [1.54, 1.807) is 0 Å². The second-order valence-electron chi connectivity index (χ2n) is 2.24. The quantitative estimate of drug-likeness (QED) is 0.269. The third-order valence-electron chi connectivity index (χ3n) is 1.13. The van der Waals surface area contributed by atoms with Crippen molar-refractivity contribution in [3.05, 3.63) is 0 Å². The zero-order valence-corrected chi connectivity index (χ0v) is 9.28. The Balaban J connectivity index is 0. The first-order valence-electron chi connectivity index (χ1n) is 4.67. The molecule has 17 heavy (non-hydrogen) atoms. The minimum Gasteiger partial charge on any atom is -0.465 e. The number of hydrogen-bond acceptors (Lipinski definition) is 8. The highest BCUT2D eigenvalue weighted by molar-refractivity contribution is 5.55. The van der Waals surface area contributed by atoms with Gasteiger partial charge in [-0.05, 0) is 0 Å². The Bertz CT molecular complexity index is 166. The molecule has 0 amide bonds. The van der Waals surface area contributed by atoms with Gasteiger partial charge in [0.15, 0.2) is 0 Å². The van der Waals surface area contributed by atoms with Gasteiger partial charge in [0.05, 0.1) is 33.0 Å². The van der Waals surface area contributed by atoms with Crippen LogP contribution in [0.4, 0.5) is 0 Å². The molecule has 0 saturated carbocycles. The minimum atomic E-state index is 0.0221. The van der Waals surface area contributed by atoms with Gasteiger partial charge in [0.25, 0.3) is 6.47 Å². The molecule has 0 aliphatic heterocycles. The van der Waals surface area contributed by atoms with Gasteiger partial charge in [0, 0.05) is 0 Å². The molecule has 100 valence electrons. The molecule has 0 spiro atoms. The number of aliphatic hydroxyl groups is 1. The van der Waals surface area contributed by atoms with Crippen molar-refractivity contribution in [2.75, 3.05) is 39.6 Å². The average Bonchev–Trinajstić information content (AvgIpc) is 2.34. The molecule has 0 saturated heterocycles. The molecule has 0 radical (unpaired) electrons. The number of carbonyl (C=O) groups excluding carboxylic acids is 3. The standard InChI is InChI=1S/C7H14O5.C2H2O3/c8-1-2-10-3-4-11-5-6-12-7-9;3-1-5-2-4/h7-8H,1-6H2;1-2H. The molecule has 0 aromatic rings. The van der Waals surface area contributed by atoms with Crippen LogP contribution in [0.5, 0.6) is 0 Å². The summed E-state index contributed by atoms with van der Waals surface area (Å²) in [4.78, 5) is 27.6. The van der Waals surface area contributed by atoms with Gasteiger partial charge >= 0.3 is 12.9 Å². The first kappa shape index (κ1) is 17.9. The van der Waals surface area contributed by atoms with Crippen LogP contribution in [0.25, 0.3) is 0 Å². The van der Waals surface area contributed by atoms with Gasteiger partial charge < -0.3 is 24.1 Å². The summed E-state index contributed by atoms with van der Waals surface area (Å²) in [6.45, 7) is 2.39. The van der Waals surface area contributed by atoms with Crippen LogP contribution in [-0.4, -0.2) is 64.2 Å². The number of aliphatic hydroxyl groups excluding tert-OH is 1. The Morgan fingerprint density at radius 2 is 1.29 bits per heavy atom. The van der Waals surface area contributed by atoms with Crippen molar-refractivity contribution in [1.82, 2.24) is 0 Å². The minimum absolute atomic E-state index is 0.0221. The van der Waals surface area contributed by atoms with E-state index in [4.69, 9.17) is 24.2 Å². The van der Waals surface area contributed by atoms with Crippen LogP contribution in [0.2, 0.25) is 0 Å². The van der Waals surface area contributed by atoms with Crippen LogP contribution in [0.15, 0.2) is 0 Å². The zero-order valence-electron chi connectivity index (χ0n) is 9.28. The lowest BCUT2D eigenvalue weighted by Crippen LogP contribution is -2.10. The van der Waals surface area contributed by atoms with Crippen molar-refractivity contribution in [2.45, 2.75) is 0 Å². The van der Waals surface area contributed by atoms with Crippen LogP contribution in [0, 0.1) is 0 Å². The van der Waals surface area contributed by atoms with Gasteiger partial charge in [-0.15, -0.1) is 0 Å². The van der Waals surface area contributed by atoms with Crippen molar-refractivity contribution in [3.63, 3.8) is 0 Å². The molecule has 0 aliphatic rings. The maximum atomic E-state index is 9.65. The van der Waals surface area contributed by atoms with Crippen LogP contribution in [-0.2, 0) is 33.3 Å². The Morgan fingerprint density at radius 3 is 1.71 bits per heavy atom. The molecule has 0 atom stereocenters. The van der Waals surface area contributed by atoms with E-state index in [2.05, 4.69) is 9.47 Å². The van der Waals surface area contributed by atoms with Crippen molar-refractivity contribution < 1.29 is 38.4 Å². The molecule has 1 N–H and O–H groups in total. The lowest BCUT2D eigenvalue weighted by Gasteiger charge is -2.03. The van der Waals surface area contributed by atoms with Gasteiger partial charge in [0.1, 0.15) is 6.61 Å². The highest BCUT2D eigenvalue weighted by atomic mass is 16.6. The molecule has 0 aliphatic carbocycles. The third kappa shape index (κ3) is 25.1. The summed E-state index contributed by atoms with van der Waals surface area (Å²) >= 11 is 0. The first-order chi connectivity index (χ1) is 8.33. The van der Waals surface area contributed by atoms with Crippen LogP contribution < -0.4 is 0 Å². The fraction of sp³-hybridized carbons (Fsp3) is 0.667. The second-order valence-corrected chi connectivity index (χ2v) is 2.24. The summed E-state index contributed by atoms with van der Waals surface area (Å²) in [6, 6.07) is 0. The number of hydrogen-bond donors (Lipinski definition) is 1. The van der Waals surface area contributed by atoms with Gasteiger partial charge in [0.2, 0.25) is 0 Å². The highest BCUT2D eigenvalue weighted by Gasteiger charge is 1.88. The van der Waals surface area contributed by atoms with E-state index >= 15 is 0 Å². The van der Waals surface area contributed by atoms with E-state index in [1.165, 1.54) is 0 Å². The molecule has 0 aromatic carbocycles. The summed E-state index contributed by atoms with van der Waals surface area (Å²) in [5.41, 5.74) is 0. The smallest absolute Gasteiger partial charge is 0.300 e. The van der Waals surface area contributed by atoms with Gasteiger partial charge in [-0.1, -0.05) is 0 Å². The molecule has 0 fully saturated rings. The van der Waals surface area contributed by atoms with Crippen molar-refractivity contribution in [2.24, 2.45) is 0 Å². The Morgan fingerprint density at radius 1 is 0.765 bits per heavy atom. The summed E-state index contributed by atoms with van der Waals surface area (Å²) in [7, 11) is 0. The SMILES string of the molecule is O=COC=O.O=COCCOCCOCCO.